The van der Waals surface area contributed by atoms with E-state index in [1.165, 1.54) is 58.0 Å². The van der Waals surface area contributed by atoms with Crippen LogP contribution in [0.2, 0.25) is 0 Å². The first-order valence-electron chi connectivity index (χ1n) is 8.43. The number of hydrogen-bond donors (Lipinski definition) is 1. The summed E-state index contributed by atoms with van der Waals surface area (Å²) in [6, 6.07) is 0. The summed E-state index contributed by atoms with van der Waals surface area (Å²) >= 11 is 0. The molecule has 0 aromatic carbocycles. The summed E-state index contributed by atoms with van der Waals surface area (Å²) in [5.74, 6) is 1.19. The molecule has 0 aromatic heterocycles. The predicted molar refractivity (Wildman–Crippen MR) is 82.8 cm³/mol. The maximum Gasteiger partial charge on any atom is 0.236 e. The fourth-order valence-electron chi connectivity index (χ4n) is 3.30. The first-order valence-corrected chi connectivity index (χ1v) is 8.43. The molecule has 0 spiro atoms. The summed E-state index contributed by atoms with van der Waals surface area (Å²) in [6.07, 6.45) is 8.78. The smallest absolute Gasteiger partial charge is 0.236 e. The number of nitrogens with one attached hydrogen (secondary N) is 1. The predicted octanol–water partition coefficient (Wildman–Crippen LogP) is 1.71. The van der Waals surface area contributed by atoms with Gasteiger partial charge < -0.3 is 10.2 Å². The Kier molecular flexibility index (Phi) is 6.80. The highest BCUT2D eigenvalue weighted by Gasteiger charge is 2.18. The van der Waals surface area contributed by atoms with Gasteiger partial charge in [-0.25, -0.2) is 0 Å². The molecule has 0 radical (unpaired) electrons. The van der Waals surface area contributed by atoms with Crippen LogP contribution in [0.4, 0.5) is 0 Å². The molecule has 0 atom stereocenters. The van der Waals surface area contributed by atoms with Crippen molar-refractivity contribution in [2.45, 2.75) is 44.9 Å². The van der Waals surface area contributed by atoms with Crippen LogP contribution in [0, 0.1) is 5.92 Å². The molecular weight excluding hydrogens is 250 g/mol. The molecule has 0 aliphatic carbocycles. The van der Waals surface area contributed by atoms with Crippen molar-refractivity contribution < 1.29 is 4.79 Å². The molecule has 2 aliphatic rings. The SMILES string of the molecule is CN(CCC1CCNCC1)CC(=O)N1CCCCCC1. The summed E-state index contributed by atoms with van der Waals surface area (Å²) in [5, 5.41) is 3.41. The number of rotatable bonds is 5. The van der Waals surface area contributed by atoms with E-state index in [2.05, 4.69) is 22.2 Å². The number of carbonyl (C=O) groups excluding carboxylic acids is 1. The van der Waals surface area contributed by atoms with Crippen molar-refractivity contribution in [3.8, 4) is 0 Å². The van der Waals surface area contributed by atoms with Crippen LogP contribution in [0.1, 0.15) is 44.9 Å². The Morgan fingerprint density at radius 3 is 2.45 bits per heavy atom. The number of likely N-dealkylation sites (N-methyl/N-ethyl adjacent to an activating group) is 1. The lowest BCUT2D eigenvalue weighted by Gasteiger charge is -2.27. The number of piperidine rings is 1. The van der Waals surface area contributed by atoms with Crippen molar-refractivity contribution >= 4 is 5.91 Å². The van der Waals surface area contributed by atoms with Gasteiger partial charge in [-0.2, -0.15) is 0 Å². The van der Waals surface area contributed by atoms with Gasteiger partial charge >= 0.3 is 0 Å². The average molecular weight is 281 g/mol. The van der Waals surface area contributed by atoms with Crippen LogP contribution >= 0.6 is 0 Å². The van der Waals surface area contributed by atoms with Crippen LogP contribution in [-0.2, 0) is 4.79 Å². The minimum absolute atomic E-state index is 0.333. The lowest BCUT2D eigenvalue weighted by atomic mass is 9.94. The molecule has 2 aliphatic heterocycles. The molecule has 0 aromatic rings. The lowest BCUT2D eigenvalue weighted by molar-refractivity contribution is -0.132. The van der Waals surface area contributed by atoms with Gasteiger partial charge in [0.2, 0.25) is 5.91 Å². The van der Waals surface area contributed by atoms with E-state index in [9.17, 15) is 4.79 Å². The van der Waals surface area contributed by atoms with E-state index < -0.39 is 0 Å². The Balaban J connectivity index is 1.64. The second-order valence-corrected chi connectivity index (χ2v) is 6.51. The summed E-state index contributed by atoms with van der Waals surface area (Å²) in [7, 11) is 2.09. The van der Waals surface area contributed by atoms with Gasteiger partial charge in [0.25, 0.3) is 0 Å². The van der Waals surface area contributed by atoms with Crippen molar-refractivity contribution in [3.63, 3.8) is 0 Å². The molecule has 0 saturated carbocycles. The zero-order valence-corrected chi connectivity index (χ0v) is 13.1. The molecule has 1 amide bonds. The van der Waals surface area contributed by atoms with Crippen LogP contribution in [0.5, 0.6) is 0 Å². The molecule has 116 valence electrons. The largest absolute Gasteiger partial charge is 0.342 e. The number of likely N-dealkylation sites (tertiary alicyclic amines) is 1. The van der Waals surface area contributed by atoms with Gasteiger partial charge in [0, 0.05) is 13.1 Å². The lowest BCUT2D eigenvalue weighted by Crippen LogP contribution is -2.40. The third-order valence-corrected chi connectivity index (χ3v) is 4.74. The van der Waals surface area contributed by atoms with E-state index >= 15 is 0 Å². The van der Waals surface area contributed by atoms with Gasteiger partial charge in [0.1, 0.15) is 0 Å². The molecule has 4 heteroatoms. The number of hydrogen-bond acceptors (Lipinski definition) is 3. The summed E-state index contributed by atoms with van der Waals surface area (Å²) in [6.45, 7) is 5.94. The average Bonchev–Trinajstić information content (AvgIpc) is 2.75. The molecule has 0 unspecified atom stereocenters. The Hall–Kier alpha value is -0.610. The fraction of sp³-hybridized carbons (Fsp3) is 0.938. The molecule has 2 heterocycles. The van der Waals surface area contributed by atoms with Gasteiger partial charge in [-0.1, -0.05) is 12.8 Å². The van der Waals surface area contributed by atoms with Crippen LogP contribution in [0.3, 0.4) is 0 Å². The quantitative estimate of drug-likeness (QED) is 0.833. The van der Waals surface area contributed by atoms with Gasteiger partial charge in [-0.05, 0) is 64.7 Å². The van der Waals surface area contributed by atoms with Gasteiger partial charge in [0.15, 0.2) is 0 Å². The molecule has 2 rings (SSSR count). The van der Waals surface area contributed by atoms with E-state index in [1.807, 2.05) is 0 Å². The fourth-order valence-corrected chi connectivity index (χ4v) is 3.30. The maximum absolute atomic E-state index is 12.3. The molecule has 20 heavy (non-hydrogen) atoms. The number of amides is 1. The summed E-state index contributed by atoms with van der Waals surface area (Å²) in [4.78, 5) is 16.6. The molecular formula is C16H31N3O. The highest BCUT2D eigenvalue weighted by molar-refractivity contribution is 5.78. The maximum atomic E-state index is 12.3. The molecule has 2 fully saturated rings. The first-order chi connectivity index (χ1) is 9.75. The molecule has 0 bridgehead atoms. The van der Waals surface area contributed by atoms with Gasteiger partial charge in [-0.15, -0.1) is 0 Å². The van der Waals surface area contributed by atoms with E-state index in [0.29, 0.717) is 12.5 Å². The molecule has 1 N–H and O–H groups in total. The summed E-state index contributed by atoms with van der Waals surface area (Å²) in [5.41, 5.74) is 0. The Bertz CT molecular complexity index is 281. The second-order valence-electron chi connectivity index (χ2n) is 6.51. The first kappa shape index (κ1) is 15.8. The normalized spacial score (nSPS) is 22.0. The van der Waals surface area contributed by atoms with E-state index in [4.69, 9.17) is 0 Å². The van der Waals surface area contributed by atoms with Crippen LogP contribution in [-0.4, -0.2) is 62.0 Å². The number of nitrogens with zero attached hydrogens (tertiary/aromatic N) is 2. The minimum atomic E-state index is 0.333. The van der Waals surface area contributed by atoms with Gasteiger partial charge in [-0.3, -0.25) is 9.69 Å². The second kappa shape index (κ2) is 8.63. The molecule has 4 nitrogen and oxygen atoms in total. The zero-order chi connectivity index (χ0) is 14.2. The Morgan fingerprint density at radius 2 is 1.80 bits per heavy atom. The van der Waals surface area contributed by atoms with Crippen molar-refractivity contribution in [1.29, 1.82) is 0 Å². The number of carbonyl (C=O) groups is 1. The monoisotopic (exact) mass is 281 g/mol. The minimum Gasteiger partial charge on any atom is -0.342 e. The van der Waals surface area contributed by atoms with Crippen LogP contribution < -0.4 is 5.32 Å². The summed E-state index contributed by atoms with van der Waals surface area (Å²) < 4.78 is 0. The third-order valence-electron chi connectivity index (χ3n) is 4.74. The Labute approximate surface area is 123 Å². The topological polar surface area (TPSA) is 35.6 Å². The molecule has 2 saturated heterocycles. The van der Waals surface area contributed by atoms with Gasteiger partial charge in [0.05, 0.1) is 6.54 Å². The van der Waals surface area contributed by atoms with Crippen LogP contribution in [0.25, 0.3) is 0 Å². The zero-order valence-electron chi connectivity index (χ0n) is 13.1. The van der Waals surface area contributed by atoms with Crippen molar-refractivity contribution in [2.24, 2.45) is 5.92 Å². The highest BCUT2D eigenvalue weighted by atomic mass is 16.2. The van der Waals surface area contributed by atoms with E-state index in [0.717, 1.165) is 25.6 Å². The van der Waals surface area contributed by atoms with Crippen molar-refractivity contribution in [1.82, 2.24) is 15.1 Å². The van der Waals surface area contributed by atoms with E-state index in [-0.39, 0.29) is 0 Å². The van der Waals surface area contributed by atoms with E-state index in [1.54, 1.807) is 0 Å². The van der Waals surface area contributed by atoms with Crippen LogP contribution in [0.15, 0.2) is 0 Å². The highest BCUT2D eigenvalue weighted by Crippen LogP contribution is 2.16. The third kappa shape index (κ3) is 5.41. The Morgan fingerprint density at radius 1 is 1.15 bits per heavy atom. The van der Waals surface area contributed by atoms with Crippen molar-refractivity contribution in [3.05, 3.63) is 0 Å². The van der Waals surface area contributed by atoms with Crippen molar-refractivity contribution in [2.75, 3.05) is 46.3 Å². The standard InChI is InChI=1S/C16H31N3O/c1-18(13-8-15-6-9-17-10-7-15)14-16(20)19-11-4-2-3-5-12-19/h15,17H,2-14H2,1H3.